The molecule has 9 nitrogen and oxygen atoms in total. The van der Waals surface area contributed by atoms with Gasteiger partial charge in [0, 0.05) is 48.0 Å². The molecule has 0 saturated carbocycles. The molecule has 0 aromatic heterocycles. The fourth-order valence-electron chi connectivity index (χ4n) is 5.10. The number of carbonyl (C=O) groups is 4. The van der Waals surface area contributed by atoms with Gasteiger partial charge in [-0.1, -0.05) is 69.9 Å². The van der Waals surface area contributed by atoms with Crippen molar-refractivity contribution in [1.29, 1.82) is 0 Å². The minimum Gasteiger partial charge on any atom is -0.379 e. The molecule has 12 heteroatoms. The monoisotopic (exact) mass is 698 g/mol. The van der Waals surface area contributed by atoms with Crippen molar-refractivity contribution >= 4 is 61.0 Å². The zero-order valence-electron chi connectivity index (χ0n) is 25.4. The Morgan fingerprint density at radius 3 is 2.44 bits per heavy atom. The van der Waals surface area contributed by atoms with Crippen LogP contribution in [0.5, 0.6) is 0 Å². The van der Waals surface area contributed by atoms with Crippen LogP contribution in [0.2, 0.25) is 0 Å². The fourth-order valence-corrected chi connectivity index (χ4v) is 8.40. The SMILES string of the molecule is CC(C)C[C@H](NC(=O)CCCCC1CCSS1)C(=O)NC(Cc1ccc(Br)cc1)C(=O)C(=O)NCCCN1CCOCC1. The summed E-state index contributed by atoms with van der Waals surface area (Å²) < 4.78 is 6.26. The normalized spacial score (nSPS) is 18.7. The number of ether oxygens (including phenoxy) is 1. The molecule has 2 aliphatic rings. The Labute approximate surface area is 272 Å². The van der Waals surface area contributed by atoms with Crippen molar-refractivity contribution in [2.75, 3.05) is 45.1 Å². The van der Waals surface area contributed by atoms with E-state index in [-0.39, 0.29) is 18.2 Å². The standard InChI is InChI=1S/C31H47BrN4O5S2/c1-22(2)20-27(34-28(37)7-4-3-6-25-12-19-42-43-25)30(39)35-26(21-23-8-10-24(32)11-9-23)29(38)31(40)33-13-5-14-36-15-17-41-18-16-36/h8-11,22,25-27H,3-7,12-21H2,1-2H3,(H,33,40)(H,34,37)(H,35,39)/t25?,26?,27-/m0/s1. The lowest BCUT2D eigenvalue weighted by molar-refractivity contribution is -0.140. The van der Waals surface area contributed by atoms with Crippen LogP contribution in [0.15, 0.2) is 28.7 Å². The van der Waals surface area contributed by atoms with Gasteiger partial charge in [0.1, 0.15) is 12.1 Å². The number of halogens is 1. The number of benzene rings is 1. The molecule has 3 N–H and O–H groups in total. The van der Waals surface area contributed by atoms with E-state index >= 15 is 0 Å². The molecule has 0 bridgehead atoms. The van der Waals surface area contributed by atoms with Crippen LogP contribution in [0.1, 0.15) is 64.4 Å². The van der Waals surface area contributed by atoms with Gasteiger partial charge in [0.25, 0.3) is 5.91 Å². The first-order chi connectivity index (χ1) is 20.7. The van der Waals surface area contributed by atoms with E-state index in [0.717, 1.165) is 48.9 Å². The lowest BCUT2D eigenvalue weighted by Gasteiger charge is -2.26. The van der Waals surface area contributed by atoms with Crippen LogP contribution in [-0.2, 0) is 30.3 Å². The van der Waals surface area contributed by atoms with Crippen molar-refractivity contribution in [3.8, 4) is 0 Å². The van der Waals surface area contributed by atoms with Crippen LogP contribution >= 0.6 is 37.5 Å². The number of nitrogens with one attached hydrogen (secondary N) is 3. The molecule has 3 rings (SSSR count). The molecule has 0 aliphatic carbocycles. The van der Waals surface area contributed by atoms with Gasteiger partial charge in [0.15, 0.2) is 0 Å². The Hall–Kier alpha value is -1.60. The summed E-state index contributed by atoms with van der Waals surface area (Å²) in [4.78, 5) is 54.8. The first-order valence-corrected chi connectivity index (χ1v) is 18.6. The third-order valence-corrected chi connectivity index (χ3v) is 11.1. The lowest BCUT2D eigenvalue weighted by atomic mass is 9.99. The fraction of sp³-hybridized carbons (Fsp3) is 0.677. The number of rotatable bonds is 18. The molecule has 2 fully saturated rings. The zero-order chi connectivity index (χ0) is 31.0. The van der Waals surface area contributed by atoms with Crippen molar-refractivity contribution < 1.29 is 23.9 Å². The van der Waals surface area contributed by atoms with Gasteiger partial charge in [-0.2, -0.15) is 0 Å². The van der Waals surface area contributed by atoms with Crippen LogP contribution in [0.4, 0.5) is 0 Å². The number of hydrogen-bond acceptors (Lipinski definition) is 8. The van der Waals surface area contributed by atoms with Crippen molar-refractivity contribution in [2.24, 2.45) is 5.92 Å². The van der Waals surface area contributed by atoms with E-state index in [2.05, 4.69) is 36.8 Å². The number of nitrogens with zero attached hydrogens (tertiary/aromatic N) is 1. The van der Waals surface area contributed by atoms with Crippen molar-refractivity contribution in [1.82, 2.24) is 20.9 Å². The minimum atomic E-state index is -1.05. The van der Waals surface area contributed by atoms with E-state index < -0.39 is 29.7 Å². The second kappa shape index (κ2) is 19.7. The molecule has 2 unspecified atom stereocenters. The van der Waals surface area contributed by atoms with E-state index in [1.807, 2.05) is 59.7 Å². The Morgan fingerprint density at radius 1 is 1.02 bits per heavy atom. The van der Waals surface area contributed by atoms with Crippen LogP contribution in [-0.4, -0.2) is 90.9 Å². The van der Waals surface area contributed by atoms with Crippen molar-refractivity contribution in [3.63, 3.8) is 0 Å². The number of carbonyl (C=O) groups excluding carboxylic acids is 4. The summed E-state index contributed by atoms with van der Waals surface area (Å²) >= 11 is 3.42. The highest BCUT2D eigenvalue weighted by Gasteiger charge is 2.31. The van der Waals surface area contributed by atoms with Crippen molar-refractivity contribution in [2.45, 2.75) is 82.5 Å². The maximum atomic E-state index is 13.5. The van der Waals surface area contributed by atoms with Crippen LogP contribution in [0, 0.1) is 5.92 Å². The molecular formula is C31H47BrN4O5S2. The summed E-state index contributed by atoms with van der Waals surface area (Å²) in [6.07, 6.45) is 5.77. The third-order valence-electron chi connectivity index (χ3n) is 7.52. The summed E-state index contributed by atoms with van der Waals surface area (Å²) in [7, 11) is 3.86. The molecule has 3 amide bonds. The molecular weight excluding hydrogens is 652 g/mol. The van der Waals surface area contributed by atoms with Gasteiger partial charge in [-0.15, -0.1) is 0 Å². The Morgan fingerprint density at radius 2 is 1.77 bits per heavy atom. The van der Waals surface area contributed by atoms with E-state index in [1.165, 1.54) is 12.2 Å². The first kappa shape index (κ1) is 35.9. The Bertz CT molecular complexity index is 1030. The highest BCUT2D eigenvalue weighted by Crippen LogP contribution is 2.39. The highest BCUT2D eigenvalue weighted by molar-refractivity contribution is 9.10. The topological polar surface area (TPSA) is 117 Å². The van der Waals surface area contributed by atoms with Gasteiger partial charge in [-0.25, -0.2) is 0 Å². The second-order valence-electron chi connectivity index (χ2n) is 11.6. The van der Waals surface area contributed by atoms with Gasteiger partial charge in [-0.05, 0) is 62.3 Å². The van der Waals surface area contributed by atoms with Crippen LogP contribution in [0.25, 0.3) is 0 Å². The van der Waals surface area contributed by atoms with Gasteiger partial charge in [0.2, 0.25) is 17.6 Å². The molecule has 0 spiro atoms. The van der Waals surface area contributed by atoms with Gasteiger partial charge >= 0.3 is 0 Å². The van der Waals surface area contributed by atoms with Gasteiger partial charge < -0.3 is 20.7 Å². The quantitative estimate of drug-likeness (QED) is 0.119. The number of hydrogen-bond donors (Lipinski definition) is 3. The largest absolute Gasteiger partial charge is 0.379 e. The number of ketones is 1. The predicted octanol–water partition coefficient (Wildman–Crippen LogP) is 4.13. The zero-order valence-corrected chi connectivity index (χ0v) is 28.6. The predicted molar refractivity (Wildman–Crippen MR) is 178 cm³/mol. The minimum absolute atomic E-state index is 0.142. The lowest BCUT2D eigenvalue weighted by Crippen LogP contribution is -2.55. The number of amides is 3. The third kappa shape index (κ3) is 13.9. The summed E-state index contributed by atoms with van der Waals surface area (Å²) in [5.41, 5.74) is 0.810. The van der Waals surface area contributed by atoms with Crippen LogP contribution < -0.4 is 16.0 Å². The molecule has 3 atom stereocenters. The maximum absolute atomic E-state index is 13.5. The second-order valence-corrected chi connectivity index (χ2v) is 15.3. The van der Waals surface area contributed by atoms with Gasteiger partial charge in [0.05, 0.1) is 13.2 Å². The van der Waals surface area contributed by atoms with E-state index in [4.69, 9.17) is 4.74 Å². The van der Waals surface area contributed by atoms with E-state index in [1.54, 1.807) is 0 Å². The number of morpholine rings is 1. The summed E-state index contributed by atoms with van der Waals surface area (Å²) in [6.45, 7) is 8.29. The highest BCUT2D eigenvalue weighted by atomic mass is 79.9. The summed E-state index contributed by atoms with van der Waals surface area (Å²) in [5, 5.41) is 9.13. The average molecular weight is 700 g/mol. The van der Waals surface area contributed by atoms with Crippen LogP contribution in [0.3, 0.4) is 0 Å². The average Bonchev–Trinajstić information content (AvgIpc) is 3.51. The molecule has 240 valence electrons. The van der Waals surface area contributed by atoms with Gasteiger partial charge in [-0.3, -0.25) is 24.1 Å². The molecule has 2 aliphatic heterocycles. The first-order valence-electron chi connectivity index (χ1n) is 15.5. The van der Waals surface area contributed by atoms with E-state index in [9.17, 15) is 19.2 Å². The molecule has 2 saturated heterocycles. The number of unbranched alkanes of at least 4 members (excludes halogenated alkanes) is 1. The molecule has 2 heterocycles. The Balaban J connectivity index is 1.56. The molecule has 1 aromatic rings. The van der Waals surface area contributed by atoms with E-state index in [0.29, 0.717) is 44.3 Å². The smallest absolute Gasteiger partial charge is 0.289 e. The molecule has 43 heavy (non-hydrogen) atoms. The maximum Gasteiger partial charge on any atom is 0.289 e. The summed E-state index contributed by atoms with van der Waals surface area (Å²) in [5.74, 6) is -0.680. The Kier molecular flexibility index (Phi) is 16.4. The molecule has 0 radical (unpaired) electrons. The number of Topliss-reactive ketones (excluding diaryl/α,β-unsaturated/α-hetero) is 1. The van der Waals surface area contributed by atoms with Crippen molar-refractivity contribution in [3.05, 3.63) is 34.3 Å². The molecule has 1 aromatic carbocycles. The summed E-state index contributed by atoms with van der Waals surface area (Å²) in [6, 6.07) is 5.58.